The molecule has 0 aromatic heterocycles. The number of allylic oxidation sites excluding steroid dienone is 2. The van der Waals surface area contributed by atoms with Gasteiger partial charge >= 0.3 is 0 Å². The summed E-state index contributed by atoms with van der Waals surface area (Å²) in [7, 11) is 0. The fourth-order valence-corrected chi connectivity index (χ4v) is 1.21. The fourth-order valence-electron chi connectivity index (χ4n) is 1.21. The maximum atomic E-state index is 7.57. The van der Waals surface area contributed by atoms with Crippen LogP contribution in [0.1, 0.15) is 67.9 Å². The van der Waals surface area contributed by atoms with Crippen LogP contribution in [0.3, 0.4) is 0 Å². The number of unbranched alkanes of at least 4 members (excludes halogenated alkanes) is 5. The molecule has 0 heterocycles. The van der Waals surface area contributed by atoms with Crippen molar-refractivity contribution in [1.29, 1.82) is 0 Å². The second kappa shape index (κ2) is 10.7. The van der Waals surface area contributed by atoms with Crippen molar-refractivity contribution >= 4 is 0 Å². The molecule has 0 heteroatoms. The van der Waals surface area contributed by atoms with Crippen molar-refractivity contribution in [1.82, 2.24) is 0 Å². The van der Waals surface area contributed by atoms with E-state index in [0.29, 0.717) is 6.90 Å². The van der Waals surface area contributed by atoms with Crippen LogP contribution in [0.5, 0.6) is 0 Å². The van der Waals surface area contributed by atoms with Gasteiger partial charge in [-0.25, -0.2) is 0 Å². The average molecular weight is 170 g/mol. The topological polar surface area (TPSA) is 0 Å². The first-order valence-corrected chi connectivity index (χ1v) is 5.26. The highest BCUT2D eigenvalue weighted by Crippen LogP contribution is 2.07. The summed E-state index contributed by atoms with van der Waals surface area (Å²) >= 11 is 0. The first-order chi connectivity index (χ1) is 6.81. The van der Waals surface area contributed by atoms with E-state index >= 15 is 0 Å². The summed E-state index contributed by atoms with van der Waals surface area (Å²) in [6.07, 6.45) is 11.3. The summed E-state index contributed by atoms with van der Waals surface area (Å²) in [4.78, 5) is 0. The van der Waals surface area contributed by atoms with Gasteiger partial charge in [0, 0.05) is 1.37 Å². The first-order valence-electron chi connectivity index (χ1n) is 6.46. The van der Waals surface area contributed by atoms with Crippen molar-refractivity contribution in [2.24, 2.45) is 0 Å². The third kappa shape index (κ3) is 9.74. The summed E-state index contributed by atoms with van der Waals surface area (Å²) in [5, 5.41) is 0. The van der Waals surface area contributed by atoms with Crippen molar-refractivity contribution in [3.05, 3.63) is 12.1 Å². The van der Waals surface area contributed by atoms with E-state index in [4.69, 9.17) is 2.74 Å². The second-order valence-corrected chi connectivity index (χ2v) is 3.21. The van der Waals surface area contributed by atoms with Crippen LogP contribution in [0.2, 0.25) is 0 Å². The van der Waals surface area contributed by atoms with Crippen LogP contribution >= 0.6 is 0 Å². The standard InChI is InChI=1S/C12H24/c1-3-5-7-9-11-12-10-8-6-4-2/h5,7H,3-4,6,8-12H2,1-2H3/b7-5+/i1D,7D. The quantitative estimate of drug-likeness (QED) is 0.366. The largest absolute Gasteiger partial charge is 0.0888 e. The van der Waals surface area contributed by atoms with Gasteiger partial charge in [-0.3, -0.25) is 0 Å². The van der Waals surface area contributed by atoms with Gasteiger partial charge in [-0.1, -0.05) is 58.1 Å². The molecule has 0 aliphatic heterocycles. The highest BCUT2D eigenvalue weighted by atomic mass is 13.9. The van der Waals surface area contributed by atoms with Crippen LogP contribution < -0.4 is 0 Å². The van der Waals surface area contributed by atoms with E-state index in [1.165, 1.54) is 32.1 Å². The zero-order chi connectivity index (χ0) is 10.6. The molecular formula is C12H24. The highest BCUT2D eigenvalue weighted by molar-refractivity contribution is 4.79. The molecule has 0 spiro atoms. The maximum absolute atomic E-state index is 7.57. The molecule has 0 N–H and O–H groups in total. The third-order valence-corrected chi connectivity index (χ3v) is 1.96. The van der Waals surface area contributed by atoms with E-state index in [-0.39, 0.29) is 0 Å². The molecule has 0 nitrogen and oxygen atoms in total. The summed E-state index contributed by atoms with van der Waals surface area (Å²) in [6, 6.07) is 0.729. The molecule has 0 unspecified atom stereocenters. The molecule has 0 fully saturated rings. The Balaban J connectivity index is 3.18. The lowest BCUT2D eigenvalue weighted by molar-refractivity contribution is 0.611. The second-order valence-electron chi connectivity index (χ2n) is 3.21. The van der Waals surface area contributed by atoms with E-state index in [1.807, 2.05) is 6.08 Å². The molecule has 72 valence electrons. The van der Waals surface area contributed by atoms with Gasteiger partial charge in [0.05, 0.1) is 1.37 Å². The van der Waals surface area contributed by atoms with Gasteiger partial charge in [0.2, 0.25) is 0 Å². The first kappa shape index (κ1) is 8.34. The Morgan fingerprint density at radius 3 is 2.67 bits per heavy atom. The van der Waals surface area contributed by atoms with Crippen LogP contribution in [0.15, 0.2) is 12.1 Å². The number of hydrogen-bond donors (Lipinski definition) is 0. The molecule has 0 saturated carbocycles. The van der Waals surface area contributed by atoms with Gasteiger partial charge in [0.15, 0.2) is 0 Å². The molecule has 12 heavy (non-hydrogen) atoms. The normalized spacial score (nSPS) is 14.2. The lowest BCUT2D eigenvalue weighted by Gasteiger charge is -1.97. The lowest BCUT2D eigenvalue weighted by atomic mass is 10.1. The summed E-state index contributed by atoms with van der Waals surface area (Å²) in [6.45, 7) is 2.64. The zero-order valence-corrected chi connectivity index (χ0v) is 8.44. The number of hydrogen-bond acceptors (Lipinski definition) is 0. The Bertz CT molecular complexity index is 141. The van der Waals surface area contributed by atoms with E-state index in [1.54, 1.807) is 0 Å². The molecule has 0 aromatic carbocycles. The Morgan fingerprint density at radius 2 is 1.92 bits per heavy atom. The van der Waals surface area contributed by atoms with E-state index in [0.717, 1.165) is 25.3 Å². The zero-order valence-electron chi connectivity index (χ0n) is 10.4. The van der Waals surface area contributed by atoms with Crippen molar-refractivity contribution in [3.63, 3.8) is 0 Å². The van der Waals surface area contributed by atoms with Crippen LogP contribution in [0.25, 0.3) is 0 Å². The van der Waals surface area contributed by atoms with Crippen LogP contribution in [-0.4, -0.2) is 0 Å². The highest BCUT2D eigenvalue weighted by Gasteiger charge is 1.87. The smallest absolute Gasteiger partial charge is 0.0572 e. The van der Waals surface area contributed by atoms with Gasteiger partial charge in [0.25, 0.3) is 0 Å². The van der Waals surface area contributed by atoms with Gasteiger partial charge in [-0.05, 0) is 19.3 Å². The Hall–Kier alpha value is -0.260. The van der Waals surface area contributed by atoms with E-state index < -0.39 is 0 Å². The van der Waals surface area contributed by atoms with Crippen molar-refractivity contribution in [2.45, 2.75) is 65.2 Å². The van der Waals surface area contributed by atoms with Crippen molar-refractivity contribution in [2.75, 3.05) is 0 Å². The van der Waals surface area contributed by atoms with Crippen LogP contribution in [0, 0.1) is 0 Å². The predicted molar refractivity (Wildman–Crippen MR) is 57.4 cm³/mol. The van der Waals surface area contributed by atoms with Crippen LogP contribution in [0.4, 0.5) is 0 Å². The van der Waals surface area contributed by atoms with Gasteiger partial charge in [0.1, 0.15) is 0 Å². The molecule has 0 radical (unpaired) electrons. The summed E-state index contributed by atoms with van der Waals surface area (Å²) in [5.41, 5.74) is 0. The lowest BCUT2D eigenvalue weighted by Crippen LogP contribution is -1.77. The molecule has 0 saturated heterocycles. The van der Waals surface area contributed by atoms with E-state index in [9.17, 15) is 0 Å². The Kier molecular flexibility index (Phi) is 7.47. The molecule has 0 aliphatic rings. The molecule has 0 aliphatic carbocycles. The maximum Gasteiger partial charge on any atom is 0.0572 e. The third-order valence-electron chi connectivity index (χ3n) is 1.96. The molecule has 0 rings (SSSR count). The average Bonchev–Trinajstić information content (AvgIpc) is 2.20. The monoisotopic (exact) mass is 170 g/mol. The SMILES string of the molecule is [2H]CC/C=C(\[2H])CCCCCCCC. The van der Waals surface area contributed by atoms with Gasteiger partial charge in [-0.15, -0.1) is 0 Å². The molecule has 0 bridgehead atoms. The Labute approximate surface area is 80.9 Å². The molecule has 0 atom stereocenters. The number of rotatable bonds is 8. The molecule has 0 aromatic rings. The molecule has 0 amide bonds. The van der Waals surface area contributed by atoms with Gasteiger partial charge < -0.3 is 0 Å². The molecular weight excluding hydrogens is 144 g/mol. The summed E-state index contributed by atoms with van der Waals surface area (Å²) < 4.78 is 14.5. The minimum absolute atomic E-state index is 0.416. The minimum Gasteiger partial charge on any atom is -0.0888 e. The van der Waals surface area contributed by atoms with Gasteiger partial charge in [-0.2, -0.15) is 0 Å². The fraction of sp³-hybridized carbons (Fsp3) is 0.833. The van der Waals surface area contributed by atoms with Crippen LogP contribution in [-0.2, 0) is 0 Å². The summed E-state index contributed by atoms with van der Waals surface area (Å²) in [5.74, 6) is 0. The van der Waals surface area contributed by atoms with Crippen molar-refractivity contribution in [3.8, 4) is 0 Å². The van der Waals surface area contributed by atoms with Crippen molar-refractivity contribution < 1.29 is 2.74 Å². The minimum atomic E-state index is 0.416. The van der Waals surface area contributed by atoms with E-state index in [2.05, 4.69) is 6.92 Å². The predicted octanol–water partition coefficient (Wildman–Crippen LogP) is 4.70. The Morgan fingerprint density at radius 1 is 1.17 bits per heavy atom.